The fourth-order valence-electron chi connectivity index (χ4n) is 2.59. The molecule has 0 amide bonds. The molecule has 26 heavy (non-hydrogen) atoms. The third-order valence-corrected chi connectivity index (χ3v) is 3.86. The molecule has 0 aliphatic carbocycles. The van der Waals surface area contributed by atoms with E-state index in [0.29, 0.717) is 22.2 Å². The van der Waals surface area contributed by atoms with E-state index in [4.69, 9.17) is 0 Å². The van der Waals surface area contributed by atoms with Crippen molar-refractivity contribution in [3.63, 3.8) is 0 Å². The predicted molar refractivity (Wildman–Crippen MR) is 97.1 cm³/mol. The van der Waals surface area contributed by atoms with Crippen molar-refractivity contribution in [3.8, 4) is 5.75 Å². The van der Waals surface area contributed by atoms with Crippen LogP contribution in [0.3, 0.4) is 0 Å². The number of rotatable bonds is 4. The number of phenols is 1. The van der Waals surface area contributed by atoms with E-state index in [1.165, 1.54) is 24.3 Å². The lowest BCUT2D eigenvalue weighted by molar-refractivity contribution is -0.385. The van der Waals surface area contributed by atoms with Crippen LogP contribution in [0.25, 0.3) is 23.1 Å². The van der Waals surface area contributed by atoms with Crippen molar-refractivity contribution in [2.24, 2.45) is 0 Å². The first-order valence-electron chi connectivity index (χ1n) is 7.65. The number of aryl methyl sites for hydroxylation is 1. The zero-order valence-corrected chi connectivity index (χ0v) is 13.7. The van der Waals surface area contributed by atoms with E-state index in [0.717, 1.165) is 5.56 Å². The van der Waals surface area contributed by atoms with Crippen molar-refractivity contribution in [1.29, 1.82) is 0 Å². The number of carboxylic acids is 1. The number of nitrogens with zero attached hydrogens (tertiary/aromatic N) is 2. The van der Waals surface area contributed by atoms with Gasteiger partial charge in [-0.15, -0.1) is 0 Å². The lowest BCUT2D eigenvalue weighted by Gasteiger charge is -2.05. The molecule has 0 atom stereocenters. The molecule has 3 rings (SSSR count). The van der Waals surface area contributed by atoms with Gasteiger partial charge in [0.2, 0.25) is 0 Å². The van der Waals surface area contributed by atoms with Crippen LogP contribution < -0.4 is 0 Å². The summed E-state index contributed by atoms with van der Waals surface area (Å²) < 4.78 is 0. The predicted octanol–water partition coefficient (Wildman–Crippen LogP) is 4.03. The molecule has 1 aromatic heterocycles. The number of hydrogen-bond acceptors (Lipinski definition) is 5. The Morgan fingerprint density at radius 3 is 2.62 bits per heavy atom. The Bertz CT molecular complexity index is 1070. The average molecular weight is 350 g/mol. The maximum atomic E-state index is 11.6. The Hall–Kier alpha value is -3.74. The van der Waals surface area contributed by atoms with Crippen LogP contribution in [0, 0.1) is 17.0 Å². The highest BCUT2D eigenvalue weighted by Gasteiger charge is 2.13. The number of pyridine rings is 1. The summed E-state index contributed by atoms with van der Waals surface area (Å²) in [5.41, 5.74) is 2.11. The van der Waals surface area contributed by atoms with Crippen LogP contribution in [0.2, 0.25) is 0 Å². The molecule has 0 fully saturated rings. The van der Waals surface area contributed by atoms with Crippen molar-refractivity contribution in [3.05, 3.63) is 75.0 Å². The quantitative estimate of drug-likeness (QED) is 0.542. The zero-order valence-electron chi connectivity index (χ0n) is 13.7. The highest BCUT2D eigenvalue weighted by Crippen LogP contribution is 2.27. The van der Waals surface area contributed by atoms with E-state index < -0.39 is 22.3 Å². The van der Waals surface area contributed by atoms with Crippen LogP contribution in [-0.4, -0.2) is 26.1 Å². The molecule has 130 valence electrons. The molecule has 0 radical (unpaired) electrons. The topological polar surface area (TPSA) is 114 Å². The normalized spacial score (nSPS) is 11.1. The first kappa shape index (κ1) is 17.1. The molecule has 0 saturated carbocycles. The molecule has 0 aliphatic rings. The fourth-order valence-corrected chi connectivity index (χ4v) is 2.59. The van der Waals surface area contributed by atoms with Gasteiger partial charge in [0.15, 0.2) is 5.75 Å². The summed E-state index contributed by atoms with van der Waals surface area (Å²) in [6.45, 7) is 1.87. The van der Waals surface area contributed by atoms with Gasteiger partial charge in [-0.1, -0.05) is 23.8 Å². The van der Waals surface area contributed by atoms with Crippen molar-refractivity contribution in [1.82, 2.24) is 4.98 Å². The van der Waals surface area contributed by atoms with Crippen LogP contribution in [0.4, 0.5) is 5.69 Å². The Kier molecular flexibility index (Phi) is 4.36. The summed E-state index contributed by atoms with van der Waals surface area (Å²) >= 11 is 0. The largest absolute Gasteiger partial charge is 0.502 e. The number of fused-ring (bicyclic) bond motifs is 1. The summed E-state index contributed by atoms with van der Waals surface area (Å²) in [5.74, 6) is -1.47. The third kappa shape index (κ3) is 3.36. The number of carboxylic acid groups (broad SMARTS) is 1. The van der Waals surface area contributed by atoms with Gasteiger partial charge in [0.05, 0.1) is 21.7 Å². The minimum Gasteiger partial charge on any atom is -0.502 e. The van der Waals surface area contributed by atoms with Crippen LogP contribution >= 0.6 is 0 Å². The Morgan fingerprint density at radius 2 is 1.92 bits per heavy atom. The minimum atomic E-state index is -1.06. The molecule has 0 spiro atoms. The molecule has 2 aromatic carbocycles. The van der Waals surface area contributed by atoms with Gasteiger partial charge < -0.3 is 10.2 Å². The Labute approximate surface area is 148 Å². The van der Waals surface area contributed by atoms with Gasteiger partial charge in [-0.2, -0.15) is 0 Å². The highest BCUT2D eigenvalue weighted by molar-refractivity contribution is 6.03. The molecular formula is C19H14N2O5. The molecule has 0 saturated heterocycles. The van der Waals surface area contributed by atoms with E-state index in [9.17, 15) is 25.1 Å². The molecular weight excluding hydrogens is 336 g/mol. The molecule has 1 heterocycles. The number of phenolic OH excluding ortho intramolecular Hbond substituents is 1. The number of aromatic nitrogens is 1. The molecule has 0 bridgehead atoms. The maximum absolute atomic E-state index is 11.6. The van der Waals surface area contributed by atoms with Gasteiger partial charge in [-0.05, 0) is 42.8 Å². The van der Waals surface area contributed by atoms with Crippen LogP contribution in [0.1, 0.15) is 27.2 Å². The van der Waals surface area contributed by atoms with Crippen LogP contribution in [0.15, 0.2) is 42.5 Å². The summed E-state index contributed by atoms with van der Waals surface area (Å²) in [5, 5.41) is 30.4. The Morgan fingerprint density at radius 1 is 1.15 bits per heavy atom. The number of aromatic carboxylic acids is 1. The van der Waals surface area contributed by atoms with Crippen molar-refractivity contribution < 1.29 is 19.9 Å². The number of nitro groups is 1. The van der Waals surface area contributed by atoms with Gasteiger partial charge in [0.25, 0.3) is 0 Å². The zero-order chi connectivity index (χ0) is 18.8. The number of nitro benzene ring substituents is 1. The minimum absolute atomic E-state index is 0.134. The second kappa shape index (κ2) is 6.64. The number of aromatic hydroxyl groups is 1. The second-order valence-corrected chi connectivity index (χ2v) is 5.76. The van der Waals surface area contributed by atoms with Crippen LogP contribution in [0.5, 0.6) is 5.75 Å². The van der Waals surface area contributed by atoms with Gasteiger partial charge in [-0.25, -0.2) is 9.78 Å². The molecule has 7 heteroatoms. The molecule has 2 N–H and O–H groups in total. The number of carbonyl (C=O) groups is 1. The SMILES string of the molecule is Cc1ccc2nc(/C=C/c3ccc(O)c([N+](=O)[O-])c3)cc(C(=O)O)c2c1. The standard InChI is InChI=1S/C19H14N2O5/c1-11-2-6-16-14(8-11)15(19(23)24)10-13(20-16)5-3-12-4-7-18(22)17(9-12)21(25)26/h2-10,22H,1H3,(H,23,24)/b5-3+. The van der Waals surface area contributed by atoms with Gasteiger partial charge in [-0.3, -0.25) is 10.1 Å². The van der Waals surface area contributed by atoms with Crippen LogP contribution in [-0.2, 0) is 0 Å². The van der Waals surface area contributed by atoms with Gasteiger partial charge in [0.1, 0.15) is 0 Å². The smallest absolute Gasteiger partial charge is 0.336 e. The van der Waals surface area contributed by atoms with Gasteiger partial charge in [0, 0.05) is 11.5 Å². The first-order chi connectivity index (χ1) is 12.3. The van der Waals surface area contributed by atoms with E-state index in [-0.39, 0.29) is 5.56 Å². The summed E-state index contributed by atoms with van der Waals surface area (Å²) in [6.07, 6.45) is 3.14. The number of hydrogen-bond donors (Lipinski definition) is 2. The van der Waals surface area contributed by atoms with E-state index >= 15 is 0 Å². The first-order valence-corrected chi connectivity index (χ1v) is 7.65. The van der Waals surface area contributed by atoms with Crippen molar-refractivity contribution in [2.45, 2.75) is 6.92 Å². The fraction of sp³-hybridized carbons (Fsp3) is 0.0526. The lowest BCUT2D eigenvalue weighted by Crippen LogP contribution is -2.00. The van der Waals surface area contributed by atoms with Gasteiger partial charge >= 0.3 is 11.7 Å². The van der Waals surface area contributed by atoms with E-state index in [1.807, 2.05) is 13.0 Å². The molecule has 7 nitrogen and oxygen atoms in total. The van der Waals surface area contributed by atoms with E-state index in [1.54, 1.807) is 24.3 Å². The third-order valence-electron chi connectivity index (χ3n) is 3.86. The lowest BCUT2D eigenvalue weighted by atomic mass is 10.0. The molecule has 3 aromatic rings. The van der Waals surface area contributed by atoms with Crippen molar-refractivity contribution >= 4 is 34.7 Å². The summed E-state index contributed by atoms with van der Waals surface area (Å²) in [4.78, 5) is 26.2. The monoisotopic (exact) mass is 350 g/mol. The molecule has 0 unspecified atom stereocenters. The summed E-state index contributed by atoms with van der Waals surface area (Å²) in [7, 11) is 0. The van der Waals surface area contributed by atoms with E-state index in [2.05, 4.69) is 4.98 Å². The Balaban J connectivity index is 2.05. The second-order valence-electron chi connectivity index (χ2n) is 5.76. The highest BCUT2D eigenvalue weighted by atomic mass is 16.6. The van der Waals surface area contributed by atoms with Crippen molar-refractivity contribution in [2.75, 3.05) is 0 Å². The summed E-state index contributed by atoms with van der Waals surface area (Å²) in [6, 6.07) is 10.8. The molecule has 0 aliphatic heterocycles. The number of benzene rings is 2. The average Bonchev–Trinajstić information content (AvgIpc) is 2.60. The maximum Gasteiger partial charge on any atom is 0.336 e.